The van der Waals surface area contributed by atoms with E-state index in [9.17, 15) is 0 Å². The van der Waals surface area contributed by atoms with Crippen LogP contribution < -0.4 is 9.80 Å². The molecule has 0 radical (unpaired) electrons. The number of rotatable bonds is 7. The monoisotopic (exact) mass is 775 g/mol. The Kier molecular flexibility index (Phi) is 7.64. The summed E-state index contributed by atoms with van der Waals surface area (Å²) in [6.45, 7) is 0. The van der Waals surface area contributed by atoms with Gasteiger partial charge in [-0.05, 0) is 95.7 Å². The van der Waals surface area contributed by atoms with Crippen LogP contribution in [-0.2, 0) is 0 Å². The van der Waals surface area contributed by atoms with Gasteiger partial charge in [0.2, 0.25) is 5.89 Å². The number of anilines is 6. The summed E-state index contributed by atoms with van der Waals surface area (Å²) in [4.78, 5) is 9.94. The van der Waals surface area contributed by atoms with Crippen molar-refractivity contribution in [1.29, 1.82) is 0 Å². The first kappa shape index (κ1) is 33.5. The molecular weight excluding hydrogens is 743 g/mol. The summed E-state index contributed by atoms with van der Waals surface area (Å²) in [7, 11) is 0. The van der Waals surface area contributed by atoms with Gasteiger partial charge in [0.25, 0.3) is 0 Å². The average molecular weight is 776 g/mol. The minimum atomic E-state index is 0.565. The highest BCUT2D eigenvalue weighted by atomic mass is 32.1. The lowest BCUT2D eigenvalue weighted by Gasteiger charge is -2.29. The van der Waals surface area contributed by atoms with Crippen LogP contribution in [-0.4, -0.2) is 4.98 Å². The highest BCUT2D eigenvalue weighted by molar-refractivity contribution is 7.26. The maximum Gasteiger partial charge on any atom is 0.227 e. The number of benzene rings is 9. The maximum absolute atomic E-state index is 6.99. The zero-order chi connectivity index (χ0) is 38.9. The van der Waals surface area contributed by atoms with Crippen LogP contribution in [0.1, 0.15) is 0 Å². The lowest BCUT2D eigenvalue weighted by molar-refractivity contribution is 0.620. The number of fused-ring (bicyclic) bond motifs is 8. The third-order valence-corrected chi connectivity index (χ3v) is 12.4. The topological polar surface area (TPSA) is 45.7 Å². The molecule has 0 atom stereocenters. The van der Waals surface area contributed by atoms with Gasteiger partial charge in [0.15, 0.2) is 5.58 Å². The summed E-state index contributed by atoms with van der Waals surface area (Å²) in [6, 6.07) is 70.2. The predicted molar refractivity (Wildman–Crippen MR) is 246 cm³/mol. The second kappa shape index (κ2) is 13.5. The summed E-state index contributed by atoms with van der Waals surface area (Å²) in [5.41, 5.74) is 9.99. The molecule has 9 aromatic carbocycles. The van der Waals surface area contributed by atoms with Crippen molar-refractivity contribution in [2.75, 3.05) is 9.80 Å². The molecule has 59 heavy (non-hydrogen) atoms. The molecule has 12 rings (SSSR count). The van der Waals surface area contributed by atoms with E-state index in [1.807, 2.05) is 23.5 Å². The van der Waals surface area contributed by atoms with Crippen LogP contribution >= 0.6 is 11.3 Å². The molecule has 0 saturated carbocycles. The van der Waals surface area contributed by atoms with Gasteiger partial charge >= 0.3 is 0 Å². The Morgan fingerprint density at radius 2 is 1.10 bits per heavy atom. The third kappa shape index (κ3) is 5.57. The molecule has 0 bridgehead atoms. The molecule has 0 saturated heterocycles. The molecule has 6 heteroatoms. The van der Waals surface area contributed by atoms with Crippen molar-refractivity contribution in [1.82, 2.24) is 4.98 Å². The lowest BCUT2D eigenvalue weighted by Crippen LogP contribution is -2.13. The van der Waals surface area contributed by atoms with Crippen molar-refractivity contribution in [2.24, 2.45) is 0 Å². The second-order valence-electron chi connectivity index (χ2n) is 14.8. The first-order valence-corrected chi connectivity index (χ1v) is 20.5. The highest BCUT2D eigenvalue weighted by Gasteiger charge is 2.26. The molecule has 0 aliphatic heterocycles. The van der Waals surface area contributed by atoms with E-state index in [-0.39, 0.29) is 0 Å². The van der Waals surface area contributed by atoms with Crippen molar-refractivity contribution >= 4 is 109 Å². The minimum absolute atomic E-state index is 0.565. The van der Waals surface area contributed by atoms with Crippen LogP contribution in [0, 0.1) is 0 Å². The van der Waals surface area contributed by atoms with E-state index in [4.69, 9.17) is 13.8 Å². The minimum Gasteiger partial charge on any atom is -0.456 e. The summed E-state index contributed by atoms with van der Waals surface area (Å²) < 4.78 is 15.7. The summed E-state index contributed by atoms with van der Waals surface area (Å²) in [5, 5.41) is 6.91. The number of oxazole rings is 1. The van der Waals surface area contributed by atoms with Gasteiger partial charge in [-0.2, -0.15) is 0 Å². The van der Waals surface area contributed by atoms with Crippen LogP contribution in [0.5, 0.6) is 0 Å². The number of furan rings is 1. The molecule has 3 heterocycles. The number of para-hydroxylation sites is 3. The number of hydrogen-bond donors (Lipinski definition) is 0. The molecule has 12 aromatic rings. The Hall–Kier alpha value is -7.67. The Labute approximate surface area is 343 Å². The van der Waals surface area contributed by atoms with Gasteiger partial charge in [-0.3, -0.25) is 0 Å². The molecule has 0 fully saturated rings. The molecule has 0 aliphatic rings. The fourth-order valence-corrected chi connectivity index (χ4v) is 9.72. The van der Waals surface area contributed by atoms with Crippen molar-refractivity contribution in [3.05, 3.63) is 200 Å². The fraction of sp³-hybridized carbons (Fsp3) is 0. The van der Waals surface area contributed by atoms with Crippen molar-refractivity contribution < 1.29 is 8.83 Å². The molecule has 0 amide bonds. The zero-order valence-electron chi connectivity index (χ0n) is 31.6. The number of thiophene rings is 1. The molecule has 0 spiro atoms. The largest absolute Gasteiger partial charge is 0.456 e. The SMILES string of the molecule is c1ccc(N(c2cc(N(c3ccccc3)c3cccc4c3sc3ccccc34)c3oc(-c4ccc5ccccc5c4)nc3c2)c2ccc3oc4ccccc4c3c2)cc1. The maximum atomic E-state index is 6.99. The van der Waals surface area contributed by atoms with Gasteiger partial charge in [-0.25, -0.2) is 4.98 Å². The first-order valence-electron chi connectivity index (χ1n) is 19.7. The lowest BCUT2D eigenvalue weighted by atomic mass is 10.1. The summed E-state index contributed by atoms with van der Waals surface area (Å²) in [6.07, 6.45) is 0. The molecule has 278 valence electrons. The standard InChI is InChI=1S/C53H33N3O2S/c1-3-16-37(17-4-1)55(39-28-29-49-44(31-39)41-20-9-11-24-48(41)57-49)40-32-45-51(58-53(54-45)36-27-26-34-14-7-8-15-35(34)30-36)47(33-40)56(38-18-5-2-6-19-38)46-23-13-22-43-42-21-10-12-25-50(42)59-52(43)46/h1-33H. The van der Waals surface area contributed by atoms with E-state index in [0.717, 1.165) is 72.5 Å². The Bertz CT molecular complexity index is 3530. The number of nitrogens with zero attached hydrogens (tertiary/aromatic N) is 3. The van der Waals surface area contributed by atoms with E-state index in [1.54, 1.807) is 0 Å². The van der Waals surface area contributed by atoms with Crippen LogP contribution in [0.4, 0.5) is 34.1 Å². The van der Waals surface area contributed by atoms with Crippen LogP contribution in [0.15, 0.2) is 209 Å². The Balaban J connectivity index is 1.15. The van der Waals surface area contributed by atoms with Gasteiger partial charge in [-0.15, -0.1) is 11.3 Å². The van der Waals surface area contributed by atoms with Crippen molar-refractivity contribution in [3.63, 3.8) is 0 Å². The average Bonchev–Trinajstić information content (AvgIpc) is 4.01. The van der Waals surface area contributed by atoms with Gasteiger partial charge in [0.05, 0.1) is 21.8 Å². The van der Waals surface area contributed by atoms with Crippen LogP contribution in [0.2, 0.25) is 0 Å². The van der Waals surface area contributed by atoms with E-state index in [2.05, 4.69) is 198 Å². The zero-order valence-corrected chi connectivity index (χ0v) is 32.4. The van der Waals surface area contributed by atoms with Crippen LogP contribution in [0.25, 0.3) is 75.4 Å². The molecular formula is C53H33N3O2S. The predicted octanol–water partition coefficient (Wildman–Crippen LogP) is 15.9. The molecule has 0 unspecified atom stereocenters. The van der Waals surface area contributed by atoms with Gasteiger partial charge in [-0.1, -0.05) is 115 Å². The fourth-order valence-electron chi connectivity index (χ4n) is 8.51. The molecule has 3 aromatic heterocycles. The van der Waals surface area contributed by atoms with E-state index in [1.165, 1.54) is 25.6 Å². The number of aromatic nitrogens is 1. The Morgan fingerprint density at radius 1 is 0.407 bits per heavy atom. The number of hydrogen-bond acceptors (Lipinski definition) is 6. The van der Waals surface area contributed by atoms with Crippen LogP contribution in [0.3, 0.4) is 0 Å². The van der Waals surface area contributed by atoms with Gasteiger partial charge in [0, 0.05) is 48.9 Å². The Morgan fingerprint density at radius 3 is 1.95 bits per heavy atom. The smallest absolute Gasteiger partial charge is 0.227 e. The molecule has 0 aliphatic carbocycles. The van der Waals surface area contributed by atoms with Crippen molar-refractivity contribution in [3.8, 4) is 11.5 Å². The first-order chi connectivity index (χ1) is 29.2. The normalized spacial score (nSPS) is 11.7. The quantitative estimate of drug-likeness (QED) is 0.161. The van der Waals surface area contributed by atoms with Gasteiger partial charge < -0.3 is 18.6 Å². The van der Waals surface area contributed by atoms with Gasteiger partial charge in [0.1, 0.15) is 16.7 Å². The summed E-state index contributed by atoms with van der Waals surface area (Å²) >= 11 is 1.81. The molecule has 5 nitrogen and oxygen atoms in total. The highest BCUT2D eigenvalue weighted by Crippen LogP contribution is 2.49. The second-order valence-corrected chi connectivity index (χ2v) is 15.8. The molecule has 0 N–H and O–H groups in total. The van der Waals surface area contributed by atoms with E-state index < -0.39 is 0 Å². The van der Waals surface area contributed by atoms with E-state index in [0.29, 0.717) is 11.5 Å². The van der Waals surface area contributed by atoms with E-state index >= 15 is 0 Å². The third-order valence-electron chi connectivity index (χ3n) is 11.2. The summed E-state index contributed by atoms with van der Waals surface area (Å²) in [5.74, 6) is 0.565. The van der Waals surface area contributed by atoms with Crippen molar-refractivity contribution in [2.45, 2.75) is 0 Å².